The van der Waals surface area contributed by atoms with Gasteiger partial charge in [-0.05, 0) is 42.5 Å². The number of aryl methyl sites for hydroxylation is 3. The summed E-state index contributed by atoms with van der Waals surface area (Å²) in [6, 6.07) is 15.0. The molecule has 0 radical (unpaired) electrons. The SMILES string of the molecule is CCc1ccc(C(N)c2ccc(C)cc2)c(C)c1. The van der Waals surface area contributed by atoms with E-state index in [1.165, 1.54) is 27.8 Å². The van der Waals surface area contributed by atoms with E-state index in [-0.39, 0.29) is 6.04 Å². The lowest BCUT2D eigenvalue weighted by Crippen LogP contribution is -2.13. The van der Waals surface area contributed by atoms with Crippen LogP contribution in [0.5, 0.6) is 0 Å². The highest BCUT2D eigenvalue weighted by molar-refractivity contribution is 5.39. The fraction of sp³-hybridized carbons (Fsp3) is 0.294. The Hall–Kier alpha value is -1.60. The van der Waals surface area contributed by atoms with E-state index >= 15 is 0 Å². The van der Waals surface area contributed by atoms with Crippen molar-refractivity contribution >= 4 is 0 Å². The van der Waals surface area contributed by atoms with Gasteiger partial charge in [0, 0.05) is 0 Å². The highest BCUT2D eigenvalue weighted by Crippen LogP contribution is 2.24. The van der Waals surface area contributed by atoms with Gasteiger partial charge in [0.15, 0.2) is 0 Å². The van der Waals surface area contributed by atoms with Crippen molar-refractivity contribution in [2.75, 3.05) is 0 Å². The molecule has 0 amide bonds. The molecular weight excluding hydrogens is 218 g/mol. The van der Waals surface area contributed by atoms with Crippen LogP contribution < -0.4 is 5.73 Å². The van der Waals surface area contributed by atoms with Gasteiger partial charge in [0.2, 0.25) is 0 Å². The molecular formula is C17H21N. The van der Waals surface area contributed by atoms with Crippen LogP contribution in [0.1, 0.15) is 40.8 Å². The van der Waals surface area contributed by atoms with Gasteiger partial charge in [-0.2, -0.15) is 0 Å². The molecule has 1 unspecified atom stereocenters. The molecule has 1 nitrogen and oxygen atoms in total. The maximum absolute atomic E-state index is 6.36. The van der Waals surface area contributed by atoms with Crippen molar-refractivity contribution in [1.29, 1.82) is 0 Å². The predicted molar refractivity (Wildman–Crippen MR) is 77.8 cm³/mol. The van der Waals surface area contributed by atoms with Crippen molar-refractivity contribution in [3.05, 3.63) is 70.3 Å². The lowest BCUT2D eigenvalue weighted by molar-refractivity contribution is 0.859. The lowest BCUT2D eigenvalue weighted by Gasteiger charge is -2.16. The Labute approximate surface area is 110 Å². The third-order valence-corrected chi connectivity index (χ3v) is 3.51. The van der Waals surface area contributed by atoms with Crippen LogP contribution in [0.15, 0.2) is 42.5 Å². The van der Waals surface area contributed by atoms with Crippen molar-refractivity contribution in [3.8, 4) is 0 Å². The topological polar surface area (TPSA) is 26.0 Å². The van der Waals surface area contributed by atoms with E-state index in [9.17, 15) is 0 Å². The van der Waals surface area contributed by atoms with Gasteiger partial charge >= 0.3 is 0 Å². The average molecular weight is 239 g/mol. The van der Waals surface area contributed by atoms with Crippen LogP contribution in [0.25, 0.3) is 0 Å². The van der Waals surface area contributed by atoms with Crippen LogP contribution in [0.2, 0.25) is 0 Å². The highest BCUT2D eigenvalue weighted by atomic mass is 14.6. The van der Waals surface area contributed by atoms with Gasteiger partial charge in [0.05, 0.1) is 6.04 Å². The first-order valence-electron chi connectivity index (χ1n) is 6.53. The zero-order valence-corrected chi connectivity index (χ0v) is 11.4. The maximum Gasteiger partial charge on any atom is 0.0554 e. The zero-order valence-electron chi connectivity index (χ0n) is 11.4. The Morgan fingerprint density at radius 3 is 2.22 bits per heavy atom. The third-order valence-electron chi connectivity index (χ3n) is 3.51. The summed E-state index contributed by atoms with van der Waals surface area (Å²) in [4.78, 5) is 0. The number of rotatable bonds is 3. The Morgan fingerprint density at radius 1 is 1.00 bits per heavy atom. The van der Waals surface area contributed by atoms with Crippen LogP contribution in [-0.4, -0.2) is 0 Å². The van der Waals surface area contributed by atoms with Crippen molar-refractivity contribution < 1.29 is 0 Å². The number of hydrogen-bond donors (Lipinski definition) is 1. The number of nitrogens with two attached hydrogens (primary N) is 1. The lowest BCUT2D eigenvalue weighted by atomic mass is 9.93. The minimum atomic E-state index is -0.0310. The van der Waals surface area contributed by atoms with Crippen molar-refractivity contribution in [3.63, 3.8) is 0 Å². The van der Waals surface area contributed by atoms with Crippen LogP contribution in [0, 0.1) is 13.8 Å². The van der Waals surface area contributed by atoms with E-state index in [2.05, 4.69) is 63.2 Å². The third kappa shape index (κ3) is 2.62. The second-order valence-corrected chi connectivity index (χ2v) is 4.93. The summed E-state index contributed by atoms with van der Waals surface area (Å²) in [5.41, 5.74) is 12.7. The standard InChI is InChI=1S/C17H21N/c1-4-14-7-10-16(13(3)11-14)17(18)15-8-5-12(2)6-9-15/h5-11,17H,4,18H2,1-3H3. The molecule has 1 heteroatoms. The minimum Gasteiger partial charge on any atom is -0.320 e. The van der Waals surface area contributed by atoms with E-state index in [1.54, 1.807) is 0 Å². The van der Waals surface area contributed by atoms with Crippen LogP contribution in [-0.2, 0) is 6.42 Å². The molecule has 0 saturated heterocycles. The van der Waals surface area contributed by atoms with Gasteiger partial charge in [-0.25, -0.2) is 0 Å². The first-order valence-corrected chi connectivity index (χ1v) is 6.53. The average Bonchev–Trinajstić information content (AvgIpc) is 2.38. The van der Waals surface area contributed by atoms with Crippen molar-refractivity contribution in [2.24, 2.45) is 5.73 Å². The molecule has 0 heterocycles. The summed E-state index contributed by atoms with van der Waals surface area (Å²) in [5, 5.41) is 0. The largest absolute Gasteiger partial charge is 0.320 e. The second kappa shape index (κ2) is 5.36. The predicted octanol–water partition coefficient (Wildman–Crippen LogP) is 3.91. The zero-order chi connectivity index (χ0) is 13.1. The molecule has 0 bridgehead atoms. The van der Waals surface area contributed by atoms with Crippen LogP contribution >= 0.6 is 0 Å². The summed E-state index contributed by atoms with van der Waals surface area (Å²) in [7, 11) is 0. The highest BCUT2D eigenvalue weighted by Gasteiger charge is 2.11. The van der Waals surface area contributed by atoms with E-state index in [1.807, 2.05) is 0 Å². The van der Waals surface area contributed by atoms with Gasteiger partial charge in [-0.1, -0.05) is 55.0 Å². The molecule has 0 fully saturated rings. The number of hydrogen-bond acceptors (Lipinski definition) is 1. The van der Waals surface area contributed by atoms with E-state index in [0.29, 0.717) is 0 Å². The summed E-state index contributed by atoms with van der Waals surface area (Å²) < 4.78 is 0. The smallest absolute Gasteiger partial charge is 0.0554 e. The molecule has 0 saturated carbocycles. The molecule has 0 aromatic heterocycles. The first-order chi connectivity index (χ1) is 8.61. The molecule has 0 aliphatic heterocycles. The Morgan fingerprint density at radius 2 is 1.67 bits per heavy atom. The molecule has 2 aromatic carbocycles. The second-order valence-electron chi connectivity index (χ2n) is 4.93. The molecule has 2 N–H and O–H groups in total. The van der Waals surface area contributed by atoms with Crippen molar-refractivity contribution in [2.45, 2.75) is 33.2 Å². The summed E-state index contributed by atoms with van der Waals surface area (Å²) >= 11 is 0. The Bertz CT molecular complexity index is 526. The van der Waals surface area contributed by atoms with Gasteiger partial charge < -0.3 is 5.73 Å². The normalized spacial score (nSPS) is 12.4. The van der Waals surface area contributed by atoms with E-state index in [4.69, 9.17) is 5.73 Å². The fourth-order valence-electron chi connectivity index (χ4n) is 2.26. The molecule has 0 aliphatic carbocycles. The summed E-state index contributed by atoms with van der Waals surface area (Å²) in [5.74, 6) is 0. The van der Waals surface area contributed by atoms with Gasteiger partial charge in [-0.3, -0.25) is 0 Å². The monoisotopic (exact) mass is 239 g/mol. The van der Waals surface area contributed by atoms with Gasteiger partial charge in [0.25, 0.3) is 0 Å². The summed E-state index contributed by atoms with van der Waals surface area (Å²) in [6.07, 6.45) is 1.07. The molecule has 94 valence electrons. The molecule has 18 heavy (non-hydrogen) atoms. The Balaban J connectivity index is 2.33. The van der Waals surface area contributed by atoms with Crippen LogP contribution in [0.3, 0.4) is 0 Å². The van der Waals surface area contributed by atoms with Crippen molar-refractivity contribution in [1.82, 2.24) is 0 Å². The summed E-state index contributed by atoms with van der Waals surface area (Å²) in [6.45, 7) is 6.41. The maximum atomic E-state index is 6.36. The molecule has 2 rings (SSSR count). The minimum absolute atomic E-state index is 0.0310. The number of benzene rings is 2. The fourth-order valence-corrected chi connectivity index (χ4v) is 2.26. The molecule has 1 atom stereocenters. The quantitative estimate of drug-likeness (QED) is 0.863. The first kappa shape index (κ1) is 12.8. The Kier molecular flexibility index (Phi) is 3.83. The molecule has 2 aromatic rings. The van der Waals surface area contributed by atoms with Gasteiger partial charge in [-0.15, -0.1) is 0 Å². The molecule has 0 spiro atoms. The van der Waals surface area contributed by atoms with Crippen LogP contribution in [0.4, 0.5) is 0 Å². The van der Waals surface area contributed by atoms with E-state index < -0.39 is 0 Å². The molecule has 0 aliphatic rings. The van der Waals surface area contributed by atoms with E-state index in [0.717, 1.165) is 6.42 Å². The van der Waals surface area contributed by atoms with Gasteiger partial charge in [0.1, 0.15) is 0 Å².